The van der Waals surface area contributed by atoms with Crippen LogP contribution in [0.25, 0.3) is 54.9 Å². The summed E-state index contributed by atoms with van der Waals surface area (Å²) in [5.74, 6) is -0.00533. The van der Waals surface area contributed by atoms with Crippen molar-refractivity contribution in [3.05, 3.63) is 72.5 Å². The zero-order valence-electron chi connectivity index (χ0n) is 19.0. The largest absolute Gasteiger partial charge is 0.353 e. The van der Waals surface area contributed by atoms with Crippen LogP contribution >= 0.6 is 11.3 Å². The molecule has 35 heavy (non-hydrogen) atoms. The number of carbonyl (C=O) groups excluding carboxylic acids is 1. The van der Waals surface area contributed by atoms with Crippen LogP contribution in [0.2, 0.25) is 0 Å². The van der Waals surface area contributed by atoms with Gasteiger partial charge >= 0.3 is 0 Å². The van der Waals surface area contributed by atoms with Gasteiger partial charge in [-0.1, -0.05) is 19.1 Å². The number of benzene rings is 1. The second-order valence-corrected chi connectivity index (χ2v) is 9.32. The predicted octanol–water partition coefficient (Wildman–Crippen LogP) is 6.64. The van der Waals surface area contributed by atoms with Gasteiger partial charge in [0, 0.05) is 40.7 Å². The summed E-state index contributed by atoms with van der Waals surface area (Å²) in [4.78, 5) is 25.6. The number of thiophene rings is 1. The molecule has 0 aliphatic heterocycles. The molecule has 6 aromatic rings. The lowest BCUT2D eigenvalue weighted by atomic mass is 10.0. The Morgan fingerprint density at radius 2 is 1.91 bits per heavy atom. The molecule has 0 saturated carbocycles. The zero-order chi connectivity index (χ0) is 23.8. The molecule has 0 radical (unpaired) electrons. The number of nitrogens with one attached hydrogen (secondary N) is 3. The van der Waals surface area contributed by atoms with Gasteiger partial charge in [-0.25, -0.2) is 0 Å². The number of hydrogen-bond acceptors (Lipinski definition) is 5. The third-order valence-electron chi connectivity index (χ3n) is 5.95. The number of hydrogen-bond donors (Lipinski definition) is 3. The fourth-order valence-corrected chi connectivity index (χ4v) is 5.04. The lowest BCUT2D eigenvalue weighted by Crippen LogP contribution is -2.10. The van der Waals surface area contributed by atoms with E-state index in [-0.39, 0.29) is 5.91 Å². The molecule has 0 aliphatic rings. The predicted molar refractivity (Wildman–Crippen MR) is 141 cm³/mol. The molecule has 0 fully saturated rings. The maximum Gasteiger partial charge on any atom is 0.224 e. The standard InChI is InChI=1S/C27H22N6OS/c1-2-4-25(34)30-18-11-17(14-28-15-18)16-6-7-22-19(12-16)26(33-32-22)23-13-20-21(31-23)8-9-29-27(20)24-5-3-10-35-24/h3,5-15,31H,2,4H2,1H3,(H,30,34)(H,32,33). The number of nitrogens with zero attached hydrogens (tertiary/aromatic N) is 3. The Labute approximate surface area is 205 Å². The molecule has 5 aromatic heterocycles. The number of carbonyl (C=O) groups is 1. The normalized spacial score (nSPS) is 11.3. The van der Waals surface area contributed by atoms with Crippen molar-refractivity contribution in [2.75, 3.05) is 5.32 Å². The molecule has 8 heteroatoms. The summed E-state index contributed by atoms with van der Waals surface area (Å²) < 4.78 is 0. The second-order valence-electron chi connectivity index (χ2n) is 8.37. The van der Waals surface area contributed by atoms with Crippen LogP contribution in [-0.2, 0) is 4.79 Å². The van der Waals surface area contributed by atoms with Crippen molar-refractivity contribution >= 4 is 44.7 Å². The molecule has 0 saturated heterocycles. The molecule has 0 unspecified atom stereocenters. The fraction of sp³-hybridized carbons (Fsp3) is 0.111. The summed E-state index contributed by atoms with van der Waals surface area (Å²) >= 11 is 1.68. The monoisotopic (exact) mass is 478 g/mol. The van der Waals surface area contributed by atoms with Crippen molar-refractivity contribution in [1.82, 2.24) is 25.1 Å². The maximum atomic E-state index is 12.0. The van der Waals surface area contributed by atoms with Gasteiger partial charge in [0.05, 0.1) is 33.7 Å². The highest BCUT2D eigenvalue weighted by Crippen LogP contribution is 2.35. The molecule has 7 nitrogen and oxygen atoms in total. The van der Waals surface area contributed by atoms with Gasteiger partial charge in [-0.3, -0.25) is 19.9 Å². The fourth-order valence-electron chi connectivity index (χ4n) is 4.31. The first-order valence-electron chi connectivity index (χ1n) is 11.4. The summed E-state index contributed by atoms with van der Waals surface area (Å²) in [6.45, 7) is 1.98. The van der Waals surface area contributed by atoms with Crippen LogP contribution in [-0.4, -0.2) is 31.1 Å². The van der Waals surface area contributed by atoms with Crippen LogP contribution in [0.4, 0.5) is 5.69 Å². The molecule has 0 aliphatic carbocycles. The summed E-state index contributed by atoms with van der Waals surface area (Å²) in [6.07, 6.45) is 6.60. The number of pyridine rings is 2. The van der Waals surface area contributed by atoms with Crippen LogP contribution < -0.4 is 5.32 Å². The van der Waals surface area contributed by atoms with E-state index < -0.39 is 0 Å². The number of amides is 1. The van der Waals surface area contributed by atoms with Crippen molar-refractivity contribution in [2.45, 2.75) is 19.8 Å². The number of anilines is 1. The van der Waals surface area contributed by atoms with Gasteiger partial charge in [-0.2, -0.15) is 5.10 Å². The molecular weight excluding hydrogens is 456 g/mol. The van der Waals surface area contributed by atoms with E-state index in [1.807, 2.05) is 43.5 Å². The Morgan fingerprint density at radius 3 is 2.77 bits per heavy atom. The average molecular weight is 479 g/mol. The average Bonchev–Trinajstić information content (AvgIpc) is 3.63. The molecular formula is C27H22N6OS. The number of H-pyrrole nitrogens is 2. The minimum Gasteiger partial charge on any atom is -0.353 e. The van der Waals surface area contributed by atoms with Crippen molar-refractivity contribution in [1.29, 1.82) is 0 Å². The first-order chi connectivity index (χ1) is 17.2. The quantitative estimate of drug-likeness (QED) is 0.250. The first kappa shape index (κ1) is 21.2. The zero-order valence-corrected chi connectivity index (χ0v) is 19.8. The molecule has 6 rings (SSSR count). The molecule has 1 aromatic carbocycles. The highest BCUT2D eigenvalue weighted by Gasteiger charge is 2.15. The summed E-state index contributed by atoms with van der Waals surface area (Å²) in [6, 6.07) is 16.3. The SMILES string of the molecule is CCCC(=O)Nc1cncc(-c2ccc3[nH]nc(-c4cc5c(-c6cccs6)nccc5[nH]4)c3c2)c1. The number of aromatic amines is 2. The number of fused-ring (bicyclic) bond motifs is 2. The van der Waals surface area contributed by atoms with Gasteiger partial charge in [-0.05, 0) is 53.8 Å². The summed E-state index contributed by atoms with van der Waals surface area (Å²) in [5.41, 5.74) is 7.31. The van der Waals surface area contributed by atoms with E-state index in [0.717, 1.165) is 61.3 Å². The van der Waals surface area contributed by atoms with Crippen LogP contribution in [0.1, 0.15) is 19.8 Å². The maximum absolute atomic E-state index is 12.0. The van der Waals surface area contributed by atoms with E-state index in [9.17, 15) is 4.79 Å². The number of aromatic nitrogens is 5. The highest BCUT2D eigenvalue weighted by atomic mass is 32.1. The lowest BCUT2D eigenvalue weighted by molar-refractivity contribution is -0.116. The molecule has 1 amide bonds. The minimum atomic E-state index is -0.00533. The van der Waals surface area contributed by atoms with Gasteiger partial charge < -0.3 is 10.3 Å². The molecule has 0 spiro atoms. The first-order valence-corrected chi connectivity index (χ1v) is 12.3. The molecule has 5 heterocycles. The van der Waals surface area contributed by atoms with Gasteiger partial charge in [0.1, 0.15) is 5.69 Å². The van der Waals surface area contributed by atoms with Crippen LogP contribution in [0.15, 0.2) is 72.5 Å². The van der Waals surface area contributed by atoms with Crippen molar-refractivity contribution < 1.29 is 4.79 Å². The van der Waals surface area contributed by atoms with Gasteiger partial charge in [0.25, 0.3) is 0 Å². The van der Waals surface area contributed by atoms with Crippen molar-refractivity contribution in [3.63, 3.8) is 0 Å². The van der Waals surface area contributed by atoms with E-state index in [1.54, 1.807) is 23.7 Å². The van der Waals surface area contributed by atoms with Crippen LogP contribution in [0.5, 0.6) is 0 Å². The topological polar surface area (TPSA) is 99.3 Å². The Morgan fingerprint density at radius 1 is 1.00 bits per heavy atom. The van der Waals surface area contributed by atoms with Gasteiger partial charge in [-0.15, -0.1) is 11.3 Å². The smallest absolute Gasteiger partial charge is 0.224 e. The Hall–Kier alpha value is -4.30. The van der Waals surface area contributed by atoms with E-state index >= 15 is 0 Å². The molecule has 0 atom stereocenters. The summed E-state index contributed by atoms with van der Waals surface area (Å²) in [5, 5.41) is 14.8. The third kappa shape index (κ3) is 3.98. The Kier molecular flexibility index (Phi) is 5.35. The van der Waals surface area contributed by atoms with E-state index in [0.29, 0.717) is 12.1 Å². The minimum absolute atomic E-state index is 0.00533. The van der Waals surface area contributed by atoms with Crippen molar-refractivity contribution in [2.24, 2.45) is 0 Å². The third-order valence-corrected chi connectivity index (χ3v) is 6.83. The molecule has 3 N–H and O–H groups in total. The Bertz CT molecular complexity index is 1660. The highest BCUT2D eigenvalue weighted by molar-refractivity contribution is 7.13. The summed E-state index contributed by atoms with van der Waals surface area (Å²) in [7, 11) is 0. The van der Waals surface area contributed by atoms with Gasteiger partial charge in [0.15, 0.2) is 0 Å². The lowest BCUT2D eigenvalue weighted by Gasteiger charge is -2.07. The van der Waals surface area contributed by atoms with E-state index in [2.05, 4.69) is 54.0 Å². The number of rotatable bonds is 6. The van der Waals surface area contributed by atoms with Crippen molar-refractivity contribution in [3.8, 4) is 33.1 Å². The van der Waals surface area contributed by atoms with Crippen LogP contribution in [0, 0.1) is 0 Å². The molecule has 172 valence electrons. The van der Waals surface area contributed by atoms with E-state index in [1.165, 1.54) is 0 Å². The Balaban J connectivity index is 1.40. The van der Waals surface area contributed by atoms with Gasteiger partial charge in [0.2, 0.25) is 5.91 Å². The second kappa shape index (κ2) is 8.81. The van der Waals surface area contributed by atoms with Crippen LogP contribution in [0.3, 0.4) is 0 Å². The van der Waals surface area contributed by atoms with E-state index in [4.69, 9.17) is 0 Å². The molecule has 0 bridgehead atoms.